The maximum Gasteiger partial charge on any atom is 0.257 e. The van der Waals surface area contributed by atoms with Gasteiger partial charge in [-0.1, -0.05) is 35.3 Å². The van der Waals surface area contributed by atoms with Crippen LogP contribution in [0, 0.1) is 42.8 Å². The Morgan fingerprint density at radius 2 is 1.96 bits per heavy atom. The molecule has 3 aromatic heterocycles. The third kappa shape index (κ3) is 5.82. The number of pyridine rings is 1. The van der Waals surface area contributed by atoms with Crippen molar-refractivity contribution in [2.45, 2.75) is 89.6 Å². The molecule has 5 aromatic rings. The molecule has 9 nitrogen and oxygen atoms in total. The Balaban J connectivity index is 1.22. The zero-order valence-electron chi connectivity index (χ0n) is 29.8. The van der Waals surface area contributed by atoms with Crippen LogP contribution in [-0.2, 0) is 17.8 Å². The number of rotatable bonds is 10. The van der Waals surface area contributed by atoms with Crippen molar-refractivity contribution in [1.29, 1.82) is 5.26 Å². The number of ether oxygens (including phenoxy) is 1. The molecule has 1 N–H and O–H groups in total. The van der Waals surface area contributed by atoms with Crippen LogP contribution in [0.5, 0.6) is 5.75 Å². The summed E-state index contributed by atoms with van der Waals surface area (Å²) in [6, 6.07) is 11.3. The molecule has 5 unspecified atom stereocenters. The number of carbonyl (C=O) groups excluding carboxylic acids is 1. The van der Waals surface area contributed by atoms with Gasteiger partial charge < -0.3 is 19.5 Å². The van der Waals surface area contributed by atoms with Crippen molar-refractivity contribution >= 4 is 50.9 Å². The first-order valence-electron chi connectivity index (χ1n) is 18.5. The highest BCUT2D eigenvalue weighted by Gasteiger charge is 2.51. The standard InChI is InChI=1S/C40H38Cl2F3N7O2/c1-19-26-14-31(30-13-24(16-51(30)40(53)21-8-9-21)54-32-17-50(18-33(43)44)49-20(32)2)52(38-23-12-29(38)47-15-23)39(26)27-11-22(5-4-10-46)34(36(45)37(27)48-19)25-6-3-7-28(41)35(25)42/h3,6-7,11,14,17,21,23-24,29-30,33,38,47H,4-5,8-9,12-13,15-16,18H2,1-2H3. The molecule has 6 heterocycles. The Hall–Kier alpha value is -4.31. The highest BCUT2D eigenvalue weighted by Crippen LogP contribution is 2.51. The van der Waals surface area contributed by atoms with E-state index >= 15 is 4.39 Å². The Labute approximate surface area is 320 Å². The summed E-state index contributed by atoms with van der Waals surface area (Å²) < 4.78 is 53.5. The number of carbonyl (C=O) groups is 1. The average molecular weight is 777 g/mol. The van der Waals surface area contributed by atoms with Crippen molar-refractivity contribution < 1.29 is 22.7 Å². The number of hydrogen-bond acceptors (Lipinski definition) is 6. The number of halogens is 5. The molecular weight excluding hydrogens is 738 g/mol. The maximum absolute atomic E-state index is 17.2. The number of nitrogens with one attached hydrogen (secondary N) is 1. The fraction of sp³-hybridized carbons (Fsp3) is 0.450. The second-order valence-electron chi connectivity index (χ2n) is 15.2. The minimum Gasteiger partial charge on any atom is -0.485 e. The number of fused-ring (bicyclic) bond motifs is 4. The van der Waals surface area contributed by atoms with E-state index in [9.17, 15) is 18.8 Å². The lowest BCUT2D eigenvalue weighted by Gasteiger charge is -2.39. The van der Waals surface area contributed by atoms with Crippen molar-refractivity contribution in [2.75, 3.05) is 13.1 Å². The van der Waals surface area contributed by atoms with Crippen LogP contribution in [0.2, 0.25) is 10.0 Å². The van der Waals surface area contributed by atoms with Crippen LogP contribution in [0.4, 0.5) is 13.2 Å². The molecule has 3 aliphatic heterocycles. The van der Waals surface area contributed by atoms with Gasteiger partial charge in [0, 0.05) is 64.6 Å². The molecule has 54 heavy (non-hydrogen) atoms. The van der Waals surface area contributed by atoms with E-state index in [-0.39, 0.29) is 52.5 Å². The van der Waals surface area contributed by atoms with E-state index in [2.05, 4.69) is 27.1 Å². The Kier molecular flexibility index (Phi) is 8.83. The second kappa shape index (κ2) is 13.5. The SMILES string of the molecule is Cc1nn(CC(F)F)cc1OC1CC(c2cc3c(C)nc4c(F)c(-c5cccc(Cl)c5Cl)c(CCC#N)cc4c3n2C2C3CNC2C3)N(C(=O)C2CC2)C1. The molecule has 2 bridgehead atoms. The smallest absolute Gasteiger partial charge is 0.257 e. The minimum atomic E-state index is -2.55. The zero-order valence-corrected chi connectivity index (χ0v) is 31.3. The van der Waals surface area contributed by atoms with Crippen LogP contribution < -0.4 is 10.1 Å². The van der Waals surface area contributed by atoms with Crippen LogP contribution in [0.15, 0.2) is 36.5 Å². The van der Waals surface area contributed by atoms with E-state index in [0.29, 0.717) is 64.0 Å². The molecule has 2 saturated carbocycles. The molecule has 10 rings (SSSR count). The summed E-state index contributed by atoms with van der Waals surface area (Å²) in [5.41, 5.74) is 4.50. The van der Waals surface area contributed by atoms with E-state index in [1.54, 1.807) is 25.1 Å². The summed E-state index contributed by atoms with van der Waals surface area (Å²) in [7, 11) is 0. The molecular formula is C40H38Cl2F3N7O2. The number of likely N-dealkylation sites (tertiary alicyclic amines) is 1. The van der Waals surface area contributed by atoms with Gasteiger partial charge >= 0.3 is 0 Å². The summed E-state index contributed by atoms with van der Waals surface area (Å²) in [6.07, 6.45) is 2.18. The third-order valence-electron chi connectivity index (χ3n) is 11.8. The average Bonchev–Trinajstić information content (AvgIpc) is 3.50. The largest absolute Gasteiger partial charge is 0.485 e. The van der Waals surface area contributed by atoms with Crippen molar-refractivity contribution in [1.82, 2.24) is 29.5 Å². The van der Waals surface area contributed by atoms with Gasteiger partial charge in [0.15, 0.2) is 11.6 Å². The van der Waals surface area contributed by atoms with Crippen LogP contribution in [0.1, 0.15) is 66.8 Å². The molecule has 0 radical (unpaired) electrons. The molecule has 14 heteroatoms. The van der Waals surface area contributed by atoms with Crippen molar-refractivity contribution in [3.8, 4) is 22.9 Å². The van der Waals surface area contributed by atoms with Crippen molar-refractivity contribution in [2.24, 2.45) is 11.8 Å². The van der Waals surface area contributed by atoms with Crippen LogP contribution in [-0.4, -0.2) is 61.8 Å². The summed E-state index contributed by atoms with van der Waals surface area (Å²) in [5, 5.41) is 19.5. The lowest BCUT2D eigenvalue weighted by atomic mass is 9.79. The first kappa shape index (κ1) is 35.4. The van der Waals surface area contributed by atoms with Crippen LogP contribution in [0.3, 0.4) is 0 Å². The molecule has 5 atom stereocenters. The normalized spacial score (nSPS) is 23.5. The van der Waals surface area contributed by atoms with E-state index in [4.69, 9.17) is 32.9 Å². The third-order valence-corrected chi connectivity index (χ3v) is 12.6. The Bertz CT molecular complexity index is 2370. The maximum atomic E-state index is 17.2. The van der Waals surface area contributed by atoms with Gasteiger partial charge in [0.05, 0.1) is 46.5 Å². The van der Waals surface area contributed by atoms with E-state index in [1.165, 1.54) is 10.9 Å². The van der Waals surface area contributed by atoms with Gasteiger partial charge in [-0.25, -0.2) is 18.2 Å². The number of amides is 1. The predicted molar refractivity (Wildman–Crippen MR) is 199 cm³/mol. The van der Waals surface area contributed by atoms with Crippen molar-refractivity contribution in [3.63, 3.8) is 0 Å². The number of aromatic nitrogens is 4. The quantitative estimate of drug-likeness (QED) is 0.153. The van der Waals surface area contributed by atoms with Gasteiger partial charge in [0.2, 0.25) is 5.91 Å². The molecule has 3 saturated heterocycles. The van der Waals surface area contributed by atoms with Gasteiger partial charge in [-0.2, -0.15) is 10.4 Å². The highest BCUT2D eigenvalue weighted by molar-refractivity contribution is 6.43. The highest BCUT2D eigenvalue weighted by atomic mass is 35.5. The summed E-state index contributed by atoms with van der Waals surface area (Å²) in [5.74, 6) is 0.282. The fourth-order valence-electron chi connectivity index (χ4n) is 9.10. The van der Waals surface area contributed by atoms with Crippen LogP contribution >= 0.6 is 23.2 Å². The monoisotopic (exact) mass is 775 g/mol. The number of nitriles is 1. The Morgan fingerprint density at radius 1 is 1.15 bits per heavy atom. The number of hydrogen-bond donors (Lipinski definition) is 1. The number of aryl methyl sites for hydroxylation is 3. The summed E-state index contributed by atoms with van der Waals surface area (Å²) in [6.45, 7) is 4.27. The van der Waals surface area contributed by atoms with Gasteiger partial charge in [-0.05, 0) is 69.2 Å². The molecule has 1 amide bonds. The van der Waals surface area contributed by atoms with E-state index < -0.39 is 24.9 Å². The minimum absolute atomic E-state index is 0.0427. The van der Waals surface area contributed by atoms with E-state index in [1.807, 2.05) is 17.9 Å². The summed E-state index contributed by atoms with van der Waals surface area (Å²) in [4.78, 5) is 20.9. The summed E-state index contributed by atoms with van der Waals surface area (Å²) >= 11 is 13.1. The van der Waals surface area contributed by atoms with Gasteiger partial charge in [0.25, 0.3) is 6.43 Å². The van der Waals surface area contributed by atoms with Crippen molar-refractivity contribution in [3.05, 3.63) is 75.0 Å². The first-order valence-corrected chi connectivity index (χ1v) is 19.3. The molecule has 5 fully saturated rings. The molecule has 0 spiro atoms. The molecule has 5 aliphatic rings. The van der Waals surface area contributed by atoms with Crippen LogP contribution in [0.25, 0.3) is 32.9 Å². The number of nitrogens with zero attached hydrogens (tertiary/aromatic N) is 6. The number of alkyl halides is 2. The predicted octanol–water partition coefficient (Wildman–Crippen LogP) is 8.50. The molecule has 280 valence electrons. The number of benzene rings is 2. The lowest BCUT2D eigenvalue weighted by Crippen LogP contribution is -2.41. The second-order valence-corrected chi connectivity index (χ2v) is 16.0. The molecule has 2 aliphatic carbocycles. The fourth-order valence-corrected chi connectivity index (χ4v) is 9.49. The Morgan fingerprint density at radius 3 is 2.67 bits per heavy atom. The topological polar surface area (TPSA) is 101 Å². The zero-order chi connectivity index (χ0) is 37.6. The lowest BCUT2D eigenvalue weighted by molar-refractivity contribution is -0.133. The van der Waals surface area contributed by atoms with Gasteiger partial charge in [0.1, 0.15) is 23.9 Å². The van der Waals surface area contributed by atoms with Gasteiger partial charge in [-0.15, -0.1) is 0 Å². The first-order chi connectivity index (χ1) is 26.0. The van der Waals surface area contributed by atoms with Gasteiger partial charge in [-0.3, -0.25) is 9.48 Å². The molecule has 2 aromatic carbocycles. The van der Waals surface area contributed by atoms with E-state index in [0.717, 1.165) is 42.4 Å².